The molecule has 1 amide bonds. The Morgan fingerprint density at radius 1 is 1.39 bits per heavy atom. The number of nitrogens with one attached hydrogen (secondary N) is 1. The Labute approximate surface area is 135 Å². The van der Waals surface area contributed by atoms with Crippen LogP contribution in [0.1, 0.15) is 32.1 Å². The molecular weight excluding hydrogens is 296 g/mol. The van der Waals surface area contributed by atoms with Crippen LogP contribution in [0.15, 0.2) is 12.3 Å². The van der Waals surface area contributed by atoms with Gasteiger partial charge in [-0.05, 0) is 37.5 Å². The summed E-state index contributed by atoms with van der Waals surface area (Å²) in [5, 5.41) is 7.04. The summed E-state index contributed by atoms with van der Waals surface area (Å²) in [6.45, 7) is 0.0365. The summed E-state index contributed by atoms with van der Waals surface area (Å²) in [7, 11) is 1.33. The minimum atomic E-state index is -0.375. The molecule has 2 unspecified atom stereocenters. The summed E-state index contributed by atoms with van der Waals surface area (Å²) >= 11 is 0. The number of ether oxygens (including phenoxy) is 1. The number of nitrogens with zero attached hydrogens (tertiary/aromatic N) is 2. The molecule has 2 aliphatic carbocycles. The Hall–Kier alpha value is -1.89. The second kappa shape index (κ2) is 6.70. The van der Waals surface area contributed by atoms with Crippen LogP contribution in [0.4, 0.5) is 5.82 Å². The van der Waals surface area contributed by atoms with E-state index in [9.17, 15) is 9.59 Å². The van der Waals surface area contributed by atoms with Gasteiger partial charge in [-0.15, -0.1) is 0 Å². The quantitative estimate of drug-likeness (QED) is 0.811. The monoisotopic (exact) mass is 320 g/mol. The van der Waals surface area contributed by atoms with E-state index in [0.29, 0.717) is 17.7 Å². The van der Waals surface area contributed by atoms with Crippen molar-refractivity contribution < 1.29 is 14.3 Å². The summed E-state index contributed by atoms with van der Waals surface area (Å²) in [6.07, 6.45) is 6.89. The standard InChI is InChI=1S/C16H24N4O3/c1-23-14(21)9-20-6-5-13(19-20)18-16(22)12-7-10-3-2-4-11(8-12)15(10)17/h5-6,10-12,15H,2-4,7-9,17H2,1H3,(H,18,19,22). The first-order valence-electron chi connectivity index (χ1n) is 8.23. The van der Waals surface area contributed by atoms with E-state index in [1.54, 1.807) is 12.3 Å². The summed E-state index contributed by atoms with van der Waals surface area (Å²) in [5.41, 5.74) is 6.27. The highest BCUT2D eigenvalue weighted by atomic mass is 16.5. The van der Waals surface area contributed by atoms with Crippen molar-refractivity contribution in [2.75, 3.05) is 12.4 Å². The fourth-order valence-corrected chi connectivity index (χ4v) is 3.94. The average molecular weight is 320 g/mol. The molecule has 0 aromatic carbocycles. The predicted molar refractivity (Wildman–Crippen MR) is 84.4 cm³/mol. The van der Waals surface area contributed by atoms with E-state index in [4.69, 9.17) is 5.73 Å². The number of anilines is 1. The first-order valence-corrected chi connectivity index (χ1v) is 8.23. The third kappa shape index (κ3) is 3.55. The maximum Gasteiger partial charge on any atom is 0.327 e. The van der Waals surface area contributed by atoms with Gasteiger partial charge in [0.25, 0.3) is 0 Å². The Balaban J connectivity index is 1.58. The Kier molecular flexibility index (Phi) is 4.66. The molecular formula is C16H24N4O3. The predicted octanol–water partition coefficient (Wildman–Crippen LogP) is 1.15. The normalized spacial score (nSPS) is 29.8. The van der Waals surface area contributed by atoms with Crippen LogP contribution in [0, 0.1) is 17.8 Å². The van der Waals surface area contributed by atoms with Gasteiger partial charge in [0.15, 0.2) is 5.82 Å². The summed E-state index contributed by atoms with van der Waals surface area (Å²) in [5.74, 6) is 1.05. The first-order chi connectivity index (χ1) is 11.1. The van der Waals surface area contributed by atoms with Crippen LogP contribution >= 0.6 is 0 Å². The van der Waals surface area contributed by atoms with Gasteiger partial charge in [-0.25, -0.2) is 0 Å². The molecule has 0 aliphatic heterocycles. The molecule has 0 radical (unpaired) electrons. The number of hydrogen-bond acceptors (Lipinski definition) is 5. The molecule has 7 nitrogen and oxygen atoms in total. The summed E-state index contributed by atoms with van der Waals surface area (Å²) in [6, 6.07) is 1.95. The smallest absolute Gasteiger partial charge is 0.327 e. The lowest BCUT2D eigenvalue weighted by Crippen LogP contribution is -2.48. The maximum absolute atomic E-state index is 12.5. The fourth-order valence-electron chi connectivity index (χ4n) is 3.94. The number of nitrogens with two attached hydrogens (primary N) is 1. The molecule has 1 heterocycles. The second-order valence-corrected chi connectivity index (χ2v) is 6.66. The lowest BCUT2D eigenvalue weighted by molar-refractivity contribution is -0.141. The summed E-state index contributed by atoms with van der Waals surface area (Å²) in [4.78, 5) is 23.7. The van der Waals surface area contributed by atoms with Gasteiger partial charge in [-0.2, -0.15) is 5.10 Å². The Bertz CT molecular complexity index is 572. The minimum Gasteiger partial charge on any atom is -0.468 e. The van der Waals surface area contributed by atoms with Crippen LogP contribution in [0.25, 0.3) is 0 Å². The number of carbonyl (C=O) groups excluding carboxylic acids is 2. The van der Waals surface area contributed by atoms with Crippen LogP contribution in [-0.4, -0.2) is 34.8 Å². The fraction of sp³-hybridized carbons (Fsp3) is 0.688. The number of fused-ring (bicyclic) bond motifs is 2. The molecule has 2 aliphatic rings. The second-order valence-electron chi connectivity index (χ2n) is 6.66. The van der Waals surface area contributed by atoms with Gasteiger partial charge in [0.2, 0.25) is 5.91 Å². The molecule has 2 saturated carbocycles. The van der Waals surface area contributed by atoms with Gasteiger partial charge in [0.1, 0.15) is 6.54 Å². The average Bonchev–Trinajstić information content (AvgIpc) is 2.93. The van der Waals surface area contributed by atoms with Crippen molar-refractivity contribution in [2.24, 2.45) is 23.5 Å². The lowest BCUT2D eigenvalue weighted by atomic mass is 9.65. The highest BCUT2D eigenvalue weighted by molar-refractivity contribution is 5.91. The van der Waals surface area contributed by atoms with Gasteiger partial charge in [-0.1, -0.05) is 6.42 Å². The summed E-state index contributed by atoms with van der Waals surface area (Å²) < 4.78 is 6.04. The number of esters is 1. The molecule has 2 fully saturated rings. The van der Waals surface area contributed by atoms with E-state index >= 15 is 0 Å². The first kappa shape index (κ1) is 16.0. The number of rotatable bonds is 4. The third-order valence-corrected chi connectivity index (χ3v) is 5.19. The topological polar surface area (TPSA) is 99.2 Å². The van der Waals surface area contributed by atoms with Crippen molar-refractivity contribution in [3.8, 4) is 0 Å². The van der Waals surface area contributed by atoms with Gasteiger partial charge in [0.05, 0.1) is 7.11 Å². The molecule has 2 bridgehead atoms. The Morgan fingerprint density at radius 3 is 2.74 bits per heavy atom. The van der Waals surface area contributed by atoms with Gasteiger partial charge in [-0.3, -0.25) is 14.3 Å². The molecule has 7 heteroatoms. The number of hydrogen-bond donors (Lipinski definition) is 2. The molecule has 1 aromatic rings. The molecule has 0 saturated heterocycles. The van der Waals surface area contributed by atoms with Crippen molar-refractivity contribution in [2.45, 2.75) is 44.7 Å². The van der Waals surface area contributed by atoms with Crippen LogP contribution in [0.3, 0.4) is 0 Å². The van der Waals surface area contributed by atoms with E-state index in [-0.39, 0.29) is 30.4 Å². The van der Waals surface area contributed by atoms with Gasteiger partial charge >= 0.3 is 5.97 Å². The van der Waals surface area contributed by atoms with Crippen molar-refractivity contribution in [3.63, 3.8) is 0 Å². The third-order valence-electron chi connectivity index (χ3n) is 5.19. The van der Waals surface area contributed by atoms with Crippen LogP contribution in [0.5, 0.6) is 0 Å². The van der Waals surface area contributed by atoms with Crippen LogP contribution < -0.4 is 11.1 Å². The van der Waals surface area contributed by atoms with E-state index in [2.05, 4.69) is 15.2 Å². The lowest BCUT2D eigenvalue weighted by Gasteiger charge is -2.43. The number of amides is 1. The highest BCUT2D eigenvalue weighted by Crippen LogP contribution is 2.42. The maximum atomic E-state index is 12.5. The number of aromatic nitrogens is 2. The molecule has 0 spiro atoms. The van der Waals surface area contributed by atoms with Crippen LogP contribution in [0.2, 0.25) is 0 Å². The molecule has 126 valence electrons. The zero-order valence-corrected chi connectivity index (χ0v) is 13.4. The number of carbonyl (C=O) groups is 2. The SMILES string of the molecule is COC(=O)Cn1ccc(NC(=O)C2CC3CCCC(C2)C3N)n1. The minimum absolute atomic E-state index is 0.0101. The molecule has 2 atom stereocenters. The van der Waals surface area contributed by atoms with E-state index in [1.165, 1.54) is 18.2 Å². The zero-order chi connectivity index (χ0) is 16.4. The molecule has 1 aromatic heterocycles. The Morgan fingerprint density at radius 2 is 2.09 bits per heavy atom. The van der Waals surface area contributed by atoms with E-state index < -0.39 is 0 Å². The van der Waals surface area contributed by atoms with Gasteiger partial charge in [0, 0.05) is 24.2 Å². The van der Waals surface area contributed by atoms with Crippen molar-refractivity contribution in [1.29, 1.82) is 0 Å². The molecule has 23 heavy (non-hydrogen) atoms. The molecule has 3 N–H and O–H groups in total. The largest absolute Gasteiger partial charge is 0.468 e. The molecule has 3 rings (SSSR count). The zero-order valence-electron chi connectivity index (χ0n) is 13.4. The van der Waals surface area contributed by atoms with Crippen molar-refractivity contribution >= 4 is 17.7 Å². The number of methoxy groups -OCH3 is 1. The highest BCUT2D eigenvalue weighted by Gasteiger charge is 2.40. The van der Waals surface area contributed by atoms with Gasteiger partial charge < -0.3 is 15.8 Å². The van der Waals surface area contributed by atoms with Crippen LogP contribution in [-0.2, 0) is 20.9 Å². The van der Waals surface area contributed by atoms with Crippen molar-refractivity contribution in [1.82, 2.24) is 9.78 Å². The van der Waals surface area contributed by atoms with E-state index in [1.807, 2.05) is 0 Å². The van der Waals surface area contributed by atoms with E-state index in [0.717, 1.165) is 25.7 Å². The van der Waals surface area contributed by atoms with Crippen molar-refractivity contribution in [3.05, 3.63) is 12.3 Å².